The summed E-state index contributed by atoms with van der Waals surface area (Å²) in [4.78, 5) is 36.7. The number of hydrogen-bond acceptors (Lipinski definition) is 6. The van der Waals surface area contributed by atoms with Gasteiger partial charge in [-0.3, -0.25) is 9.59 Å². The van der Waals surface area contributed by atoms with E-state index in [9.17, 15) is 14.4 Å². The Morgan fingerprint density at radius 1 is 0.867 bits per heavy atom. The fourth-order valence-corrected chi connectivity index (χ4v) is 3.16. The van der Waals surface area contributed by atoms with Crippen LogP contribution in [0.1, 0.15) is 35.3 Å². The van der Waals surface area contributed by atoms with Crippen molar-refractivity contribution in [2.45, 2.75) is 26.9 Å². The minimum atomic E-state index is -0.595. The van der Waals surface area contributed by atoms with Gasteiger partial charge in [-0.2, -0.15) is 0 Å². The summed E-state index contributed by atoms with van der Waals surface area (Å²) < 4.78 is 15.8. The van der Waals surface area contributed by atoms with Crippen molar-refractivity contribution in [3.8, 4) is 5.75 Å². The number of ether oxygens (including phenoxy) is 3. The van der Waals surface area contributed by atoms with Crippen LogP contribution in [0.2, 0.25) is 0 Å². The van der Waals surface area contributed by atoms with Gasteiger partial charge in [-0.25, -0.2) is 4.79 Å². The Balaban J connectivity index is 1.98. The molecule has 30 heavy (non-hydrogen) atoms. The van der Waals surface area contributed by atoms with Gasteiger partial charge in [0, 0.05) is 12.3 Å². The van der Waals surface area contributed by atoms with Crippen molar-refractivity contribution in [1.29, 1.82) is 0 Å². The van der Waals surface area contributed by atoms with Crippen molar-refractivity contribution >= 4 is 28.7 Å². The maximum atomic E-state index is 12.6. The normalized spacial score (nSPS) is 10.5. The zero-order valence-electron chi connectivity index (χ0n) is 16.8. The Morgan fingerprint density at radius 2 is 1.53 bits per heavy atom. The van der Waals surface area contributed by atoms with Crippen LogP contribution in [0.5, 0.6) is 5.75 Å². The summed E-state index contributed by atoms with van der Waals surface area (Å²) >= 11 is 0. The lowest BCUT2D eigenvalue weighted by molar-refractivity contribution is -0.144. The Bertz CT molecular complexity index is 1070. The van der Waals surface area contributed by atoms with Crippen molar-refractivity contribution in [2.75, 3.05) is 6.61 Å². The molecule has 0 saturated heterocycles. The second kappa shape index (κ2) is 9.69. The summed E-state index contributed by atoms with van der Waals surface area (Å²) in [6, 6.07) is 17.9. The minimum absolute atomic E-state index is 0.123. The number of hydrogen-bond donors (Lipinski definition) is 0. The van der Waals surface area contributed by atoms with E-state index in [4.69, 9.17) is 14.2 Å². The maximum absolute atomic E-state index is 12.6. The topological polar surface area (TPSA) is 78.9 Å². The second-order valence-electron chi connectivity index (χ2n) is 6.58. The summed E-state index contributed by atoms with van der Waals surface area (Å²) in [6.07, 6.45) is -0.123. The molecule has 0 radical (unpaired) electrons. The molecule has 0 amide bonds. The van der Waals surface area contributed by atoms with Gasteiger partial charge < -0.3 is 14.2 Å². The van der Waals surface area contributed by atoms with Crippen molar-refractivity contribution < 1.29 is 28.6 Å². The standard InChI is InChI=1S/C24H22O6/c1-3-28-24(27)21-13-22(30-16(2)25)19-12-8-7-11-18(19)20(21)14-23(26)29-15-17-9-5-4-6-10-17/h4-13H,3,14-15H2,1-2H3. The molecule has 3 aromatic rings. The lowest BCUT2D eigenvalue weighted by Crippen LogP contribution is -2.15. The molecule has 3 aromatic carbocycles. The van der Waals surface area contributed by atoms with Gasteiger partial charge in [-0.05, 0) is 29.5 Å². The van der Waals surface area contributed by atoms with Crippen LogP contribution in [0.3, 0.4) is 0 Å². The fourth-order valence-electron chi connectivity index (χ4n) is 3.16. The smallest absolute Gasteiger partial charge is 0.338 e. The molecule has 0 fully saturated rings. The van der Waals surface area contributed by atoms with E-state index < -0.39 is 17.9 Å². The maximum Gasteiger partial charge on any atom is 0.338 e. The average Bonchev–Trinajstić information content (AvgIpc) is 2.74. The van der Waals surface area contributed by atoms with Crippen LogP contribution < -0.4 is 4.74 Å². The van der Waals surface area contributed by atoms with Crippen LogP contribution in [-0.4, -0.2) is 24.5 Å². The van der Waals surface area contributed by atoms with E-state index in [0.29, 0.717) is 16.3 Å². The van der Waals surface area contributed by atoms with E-state index in [0.717, 1.165) is 5.56 Å². The number of rotatable bonds is 7. The highest BCUT2D eigenvalue weighted by atomic mass is 16.5. The van der Waals surface area contributed by atoms with Crippen molar-refractivity contribution in [3.63, 3.8) is 0 Å². The SMILES string of the molecule is CCOC(=O)c1cc(OC(C)=O)c2ccccc2c1CC(=O)OCc1ccccc1. The van der Waals surface area contributed by atoms with Crippen LogP contribution in [0.25, 0.3) is 10.8 Å². The lowest BCUT2D eigenvalue weighted by Gasteiger charge is -2.15. The lowest BCUT2D eigenvalue weighted by atomic mass is 9.95. The predicted molar refractivity (Wildman–Crippen MR) is 111 cm³/mol. The molecule has 0 aliphatic heterocycles. The van der Waals surface area contributed by atoms with Gasteiger partial charge in [0.25, 0.3) is 0 Å². The van der Waals surface area contributed by atoms with Gasteiger partial charge in [0.2, 0.25) is 0 Å². The Hall–Kier alpha value is -3.67. The van der Waals surface area contributed by atoms with E-state index in [2.05, 4.69) is 0 Å². The van der Waals surface area contributed by atoms with Crippen molar-refractivity contribution in [2.24, 2.45) is 0 Å². The number of carbonyl (C=O) groups is 3. The zero-order chi connectivity index (χ0) is 21.5. The second-order valence-corrected chi connectivity index (χ2v) is 6.58. The van der Waals surface area contributed by atoms with E-state index >= 15 is 0 Å². The molecule has 3 rings (SSSR count). The molecule has 0 aliphatic rings. The molecule has 6 heteroatoms. The first-order valence-electron chi connectivity index (χ1n) is 9.59. The first kappa shape index (κ1) is 21.0. The van der Waals surface area contributed by atoms with Gasteiger partial charge in [0.05, 0.1) is 18.6 Å². The molecule has 6 nitrogen and oxygen atoms in total. The summed E-state index contributed by atoms with van der Waals surface area (Å²) in [7, 11) is 0. The quantitative estimate of drug-likeness (QED) is 0.432. The summed E-state index contributed by atoms with van der Waals surface area (Å²) in [5.41, 5.74) is 1.51. The average molecular weight is 406 g/mol. The Labute approximate surface area is 174 Å². The number of benzene rings is 3. The van der Waals surface area contributed by atoms with Gasteiger partial charge in [0.1, 0.15) is 12.4 Å². The van der Waals surface area contributed by atoms with Crippen LogP contribution in [-0.2, 0) is 32.1 Å². The van der Waals surface area contributed by atoms with Crippen molar-refractivity contribution in [3.05, 3.63) is 77.4 Å². The molecular formula is C24H22O6. The Morgan fingerprint density at radius 3 is 2.20 bits per heavy atom. The molecule has 0 aliphatic carbocycles. The molecule has 0 unspecified atom stereocenters. The van der Waals surface area contributed by atoms with Crippen LogP contribution in [0, 0.1) is 0 Å². The highest BCUT2D eigenvalue weighted by molar-refractivity contribution is 6.03. The van der Waals surface area contributed by atoms with Gasteiger partial charge in [0.15, 0.2) is 0 Å². The molecule has 0 saturated carbocycles. The third kappa shape index (κ3) is 5.03. The van der Waals surface area contributed by atoms with E-state index in [-0.39, 0.29) is 30.9 Å². The van der Waals surface area contributed by atoms with Gasteiger partial charge in [-0.15, -0.1) is 0 Å². The minimum Gasteiger partial charge on any atom is -0.462 e. The van der Waals surface area contributed by atoms with Crippen LogP contribution in [0.15, 0.2) is 60.7 Å². The van der Waals surface area contributed by atoms with E-state index in [1.807, 2.05) is 30.3 Å². The monoisotopic (exact) mass is 406 g/mol. The zero-order valence-corrected chi connectivity index (χ0v) is 16.8. The van der Waals surface area contributed by atoms with Crippen LogP contribution >= 0.6 is 0 Å². The first-order valence-corrected chi connectivity index (χ1v) is 9.59. The number of fused-ring (bicyclic) bond motifs is 1. The molecule has 0 bridgehead atoms. The highest BCUT2D eigenvalue weighted by Gasteiger charge is 2.22. The van der Waals surface area contributed by atoms with E-state index in [1.165, 1.54) is 13.0 Å². The molecular weight excluding hydrogens is 384 g/mol. The van der Waals surface area contributed by atoms with Gasteiger partial charge in [-0.1, -0.05) is 54.6 Å². The third-order valence-corrected chi connectivity index (χ3v) is 4.43. The first-order chi connectivity index (χ1) is 14.5. The molecule has 0 N–H and O–H groups in total. The summed E-state index contributed by atoms with van der Waals surface area (Å²) in [5, 5.41) is 1.24. The summed E-state index contributed by atoms with van der Waals surface area (Å²) in [5.74, 6) is -1.34. The number of carbonyl (C=O) groups excluding carboxylic acids is 3. The molecule has 154 valence electrons. The largest absolute Gasteiger partial charge is 0.462 e. The fraction of sp³-hybridized carbons (Fsp3) is 0.208. The van der Waals surface area contributed by atoms with E-state index in [1.54, 1.807) is 31.2 Å². The molecule has 0 atom stereocenters. The molecule has 0 spiro atoms. The van der Waals surface area contributed by atoms with Crippen molar-refractivity contribution in [1.82, 2.24) is 0 Å². The summed E-state index contributed by atoms with van der Waals surface area (Å²) in [6.45, 7) is 3.29. The predicted octanol–water partition coefficient (Wildman–Crippen LogP) is 4.23. The molecule has 0 heterocycles. The van der Waals surface area contributed by atoms with Crippen LogP contribution in [0.4, 0.5) is 0 Å². The Kier molecular flexibility index (Phi) is 6.80. The third-order valence-electron chi connectivity index (χ3n) is 4.43. The highest BCUT2D eigenvalue weighted by Crippen LogP contribution is 2.33. The number of esters is 3. The van der Waals surface area contributed by atoms with Gasteiger partial charge >= 0.3 is 17.9 Å². The molecule has 0 aromatic heterocycles.